The fourth-order valence-electron chi connectivity index (χ4n) is 2.10. The van der Waals surface area contributed by atoms with Crippen LogP contribution in [0.15, 0.2) is 36.4 Å². The molecule has 1 atom stereocenters. The van der Waals surface area contributed by atoms with Gasteiger partial charge < -0.3 is 5.11 Å². The quantitative estimate of drug-likeness (QED) is 0.862. The molecule has 1 saturated heterocycles. The summed E-state index contributed by atoms with van der Waals surface area (Å²) in [5.74, 6) is -0.848. The molecule has 0 aromatic heterocycles. The molecule has 3 heteroatoms. The van der Waals surface area contributed by atoms with Crippen molar-refractivity contribution in [3.8, 4) is 0 Å². The predicted molar refractivity (Wildman–Crippen MR) is 67.7 cm³/mol. The molecule has 1 aliphatic rings. The first kappa shape index (κ1) is 11.9. The monoisotopic (exact) mass is 231 g/mol. The van der Waals surface area contributed by atoms with Gasteiger partial charge in [0.25, 0.3) is 0 Å². The lowest BCUT2D eigenvalue weighted by Crippen LogP contribution is -2.23. The number of benzene rings is 1. The number of nitrogens with zero attached hydrogens (tertiary/aromatic N) is 1. The highest BCUT2D eigenvalue weighted by molar-refractivity contribution is 5.70. The second-order valence-corrected chi connectivity index (χ2v) is 4.40. The molecule has 1 fully saturated rings. The lowest BCUT2D eigenvalue weighted by molar-refractivity contribution is -0.141. The molecule has 0 radical (unpaired) electrons. The van der Waals surface area contributed by atoms with E-state index in [0.717, 1.165) is 19.5 Å². The van der Waals surface area contributed by atoms with Gasteiger partial charge in [0.15, 0.2) is 0 Å². The highest BCUT2D eigenvalue weighted by atomic mass is 16.4. The van der Waals surface area contributed by atoms with Crippen LogP contribution in [0, 0.1) is 5.92 Å². The zero-order valence-corrected chi connectivity index (χ0v) is 9.75. The normalized spacial score (nSPS) is 21.1. The summed E-state index contributed by atoms with van der Waals surface area (Å²) in [5, 5.41) is 8.89. The minimum Gasteiger partial charge on any atom is -0.481 e. The van der Waals surface area contributed by atoms with Gasteiger partial charge in [-0.15, -0.1) is 0 Å². The van der Waals surface area contributed by atoms with Gasteiger partial charge in [-0.2, -0.15) is 0 Å². The van der Waals surface area contributed by atoms with Crippen LogP contribution >= 0.6 is 0 Å². The van der Waals surface area contributed by atoms with Crippen LogP contribution in [-0.2, 0) is 4.79 Å². The van der Waals surface area contributed by atoms with Gasteiger partial charge in [-0.3, -0.25) is 9.69 Å². The highest BCUT2D eigenvalue weighted by Crippen LogP contribution is 2.16. The lowest BCUT2D eigenvalue weighted by atomic mass is 10.1. The maximum absolute atomic E-state index is 10.8. The Bertz CT molecular complexity index is 400. The van der Waals surface area contributed by atoms with E-state index in [2.05, 4.69) is 29.2 Å². The summed E-state index contributed by atoms with van der Waals surface area (Å²) in [7, 11) is 0. The van der Waals surface area contributed by atoms with Crippen LogP contribution in [0.3, 0.4) is 0 Å². The van der Waals surface area contributed by atoms with Gasteiger partial charge in [0.05, 0.1) is 5.92 Å². The van der Waals surface area contributed by atoms with E-state index in [4.69, 9.17) is 5.11 Å². The largest absolute Gasteiger partial charge is 0.481 e. The van der Waals surface area contributed by atoms with Crippen molar-refractivity contribution in [1.82, 2.24) is 4.90 Å². The van der Waals surface area contributed by atoms with Crippen LogP contribution in [0.5, 0.6) is 0 Å². The molecule has 0 bridgehead atoms. The Labute approximate surface area is 101 Å². The van der Waals surface area contributed by atoms with Crippen molar-refractivity contribution in [2.24, 2.45) is 5.92 Å². The van der Waals surface area contributed by atoms with Gasteiger partial charge >= 0.3 is 5.97 Å². The third-order valence-electron chi connectivity index (χ3n) is 3.10. The van der Waals surface area contributed by atoms with Crippen molar-refractivity contribution < 1.29 is 9.90 Å². The lowest BCUT2D eigenvalue weighted by Gasteiger charge is -2.11. The Kier molecular flexibility index (Phi) is 3.94. The molecule has 0 aliphatic carbocycles. The molecule has 1 N–H and O–H groups in total. The number of rotatable bonds is 4. The Balaban J connectivity index is 1.80. The number of carboxylic acids is 1. The summed E-state index contributed by atoms with van der Waals surface area (Å²) in [5.41, 5.74) is 1.18. The number of hydrogen-bond donors (Lipinski definition) is 1. The van der Waals surface area contributed by atoms with Gasteiger partial charge in [0, 0.05) is 13.1 Å². The fraction of sp³-hybridized carbons (Fsp3) is 0.357. The average molecular weight is 231 g/mol. The number of carboxylic acid groups (broad SMARTS) is 1. The van der Waals surface area contributed by atoms with Gasteiger partial charge in [0.2, 0.25) is 0 Å². The zero-order valence-electron chi connectivity index (χ0n) is 9.75. The molecule has 1 aliphatic heterocycles. The predicted octanol–water partition coefficient (Wildman–Crippen LogP) is 2.11. The first-order chi connectivity index (χ1) is 8.25. The molecule has 1 aromatic rings. The maximum Gasteiger partial charge on any atom is 0.307 e. The summed E-state index contributed by atoms with van der Waals surface area (Å²) < 4.78 is 0. The molecule has 1 aromatic carbocycles. The second-order valence-electron chi connectivity index (χ2n) is 4.40. The minimum atomic E-state index is -0.667. The Morgan fingerprint density at radius 2 is 2.18 bits per heavy atom. The smallest absolute Gasteiger partial charge is 0.307 e. The summed E-state index contributed by atoms with van der Waals surface area (Å²) in [6.45, 7) is 2.39. The zero-order chi connectivity index (χ0) is 12.1. The fourth-order valence-corrected chi connectivity index (χ4v) is 2.10. The van der Waals surface area contributed by atoms with E-state index in [0.29, 0.717) is 6.54 Å². The first-order valence-electron chi connectivity index (χ1n) is 5.92. The summed E-state index contributed by atoms with van der Waals surface area (Å²) in [6.07, 6.45) is 4.95. The van der Waals surface area contributed by atoms with Crippen molar-refractivity contribution in [2.45, 2.75) is 6.42 Å². The number of hydrogen-bond acceptors (Lipinski definition) is 2. The molecular formula is C14H17NO2. The molecule has 0 spiro atoms. The highest BCUT2D eigenvalue weighted by Gasteiger charge is 2.26. The average Bonchev–Trinajstić information content (AvgIpc) is 2.79. The number of likely N-dealkylation sites (tertiary alicyclic amines) is 1. The molecule has 0 saturated carbocycles. The third kappa shape index (κ3) is 3.43. The Morgan fingerprint density at radius 3 is 2.82 bits per heavy atom. The van der Waals surface area contributed by atoms with Crippen molar-refractivity contribution in [3.05, 3.63) is 42.0 Å². The van der Waals surface area contributed by atoms with E-state index in [1.54, 1.807) is 0 Å². The molecule has 1 unspecified atom stereocenters. The van der Waals surface area contributed by atoms with Gasteiger partial charge in [-0.05, 0) is 18.5 Å². The van der Waals surface area contributed by atoms with Crippen molar-refractivity contribution in [2.75, 3.05) is 19.6 Å². The molecule has 2 rings (SSSR count). The summed E-state index contributed by atoms with van der Waals surface area (Å²) >= 11 is 0. The minimum absolute atomic E-state index is 0.180. The van der Waals surface area contributed by atoms with E-state index in [9.17, 15) is 4.79 Å². The maximum atomic E-state index is 10.8. The molecule has 17 heavy (non-hydrogen) atoms. The Morgan fingerprint density at radius 1 is 1.41 bits per heavy atom. The van der Waals surface area contributed by atoms with Gasteiger partial charge in [-0.1, -0.05) is 42.5 Å². The van der Waals surface area contributed by atoms with Crippen molar-refractivity contribution in [3.63, 3.8) is 0 Å². The third-order valence-corrected chi connectivity index (χ3v) is 3.10. The second kappa shape index (κ2) is 5.64. The van der Waals surface area contributed by atoms with Gasteiger partial charge in [-0.25, -0.2) is 0 Å². The molecule has 3 nitrogen and oxygen atoms in total. The van der Waals surface area contributed by atoms with Crippen LogP contribution in [0.4, 0.5) is 0 Å². The van der Waals surface area contributed by atoms with E-state index >= 15 is 0 Å². The number of carbonyl (C=O) groups is 1. The van der Waals surface area contributed by atoms with E-state index in [-0.39, 0.29) is 5.92 Å². The molecular weight excluding hydrogens is 214 g/mol. The molecule has 90 valence electrons. The topological polar surface area (TPSA) is 40.5 Å². The van der Waals surface area contributed by atoms with Crippen LogP contribution < -0.4 is 0 Å². The summed E-state index contributed by atoms with van der Waals surface area (Å²) in [6, 6.07) is 10.1. The van der Waals surface area contributed by atoms with Crippen molar-refractivity contribution >= 4 is 12.0 Å². The van der Waals surface area contributed by atoms with Crippen molar-refractivity contribution in [1.29, 1.82) is 0 Å². The van der Waals surface area contributed by atoms with E-state index < -0.39 is 5.97 Å². The number of aliphatic carboxylic acids is 1. The van der Waals surface area contributed by atoms with Crippen LogP contribution in [-0.4, -0.2) is 35.6 Å². The van der Waals surface area contributed by atoms with Crippen LogP contribution in [0.25, 0.3) is 6.08 Å². The van der Waals surface area contributed by atoms with Gasteiger partial charge in [0.1, 0.15) is 0 Å². The van der Waals surface area contributed by atoms with Crippen LogP contribution in [0.1, 0.15) is 12.0 Å². The van der Waals surface area contributed by atoms with Crippen LogP contribution in [0.2, 0.25) is 0 Å². The Hall–Kier alpha value is -1.61. The van der Waals surface area contributed by atoms with E-state index in [1.807, 2.05) is 18.2 Å². The molecule has 1 heterocycles. The molecule has 0 amide bonds. The standard InChI is InChI=1S/C14H17NO2/c16-14(17)13-8-10-15(11-13)9-4-7-12-5-2-1-3-6-12/h1-7,13H,8-11H2,(H,16,17). The van der Waals surface area contributed by atoms with E-state index in [1.165, 1.54) is 5.56 Å². The first-order valence-corrected chi connectivity index (χ1v) is 5.92. The summed E-state index contributed by atoms with van der Waals surface area (Å²) in [4.78, 5) is 13.0. The SMILES string of the molecule is O=C(O)C1CCN(CC=Cc2ccccc2)C1.